The van der Waals surface area contributed by atoms with E-state index in [1.165, 1.54) is 32.5 Å². The van der Waals surface area contributed by atoms with E-state index in [4.69, 9.17) is 9.72 Å². The molecule has 1 N–H and O–H groups in total. The van der Waals surface area contributed by atoms with Crippen molar-refractivity contribution in [3.63, 3.8) is 0 Å². The lowest BCUT2D eigenvalue weighted by Gasteiger charge is -2.30. The molecule has 3 nitrogen and oxygen atoms in total. The summed E-state index contributed by atoms with van der Waals surface area (Å²) in [5, 5.41) is 5.52. The Labute approximate surface area is 230 Å². The molecular formula is C32H29BrN2OS. The predicted octanol–water partition coefficient (Wildman–Crippen LogP) is 9.57. The van der Waals surface area contributed by atoms with E-state index in [1.54, 1.807) is 11.3 Å². The summed E-state index contributed by atoms with van der Waals surface area (Å²) in [4.78, 5) is 4.94. The quantitative estimate of drug-likeness (QED) is 0.189. The van der Waals surface area contributed by atoms with Gasteiger partial charge in [0, 0.05) is 33.7 Å². The van der Waals surface area contributed by atoms with E-state index < -0.39 is 0 Å². The molecule has 0 amide bonds. The zero-order valence-corrected chi connectivity index (χ0v) is 23.5. The number of aromatic nitrogens is 1. The minimum Gasteiger partial charge on any atom is -0.493 e. The summed E-state index contributed by atoms with van der Waals surface area (Å²) in [6.45, 7) is 5.28. The second-order valence-corrected chi connectivity index (χ2v) is 11.3. The largest absolute Gasteiger partial charge is 0.493 e. The second-order valence-electron chi connectivity index (χ2n) is 9.49. The van der Waals surface area contributed by atoms with Crippen molar-refractivity contribution in [2.75, 3.05) is 17.3 Å². The molecule has 1 aromatic heterocycles. The van der Waals surface area contributed by atoms with Crippen LogP contribution in [0.5, 0.6) is 5.75 Å². The van der Waals surface area contributed by atoms with Gasteiger partial charge >= 0.3 is 0 Å². The van der Waals surface area contributed by atoms with Crippen LogP contribution in [0.15, 0.2) is 84.9 Å². The van der Waals surface area contributed by atoms with Gasteiger partial charge in [0.1, 0.15) is 10.8 Å². The number of hydrogen-bond donors (Lipinski definition) is 1. The molecule has 1 heterocycles. The van der Waals surface area contributed by atoms with Crippen molar-refractivity contribution < 1.29 is 4.74 Å². The highest BCUT2D eigenvalue weighted by molar-refractivity contribution is 9.09. The molecule has 1 aliphatic rings. The number of alkyl halides is 1. The number of halogens is 1. The van der Waals surface area contributed by atoms with Gasteiger partial charge < -0.3 is 10.1 Å². The van der Waals surface area contributed by atoms with E-state index >= 15 is 0 Å². The molecule has 0 atom stereocenters. The maximum Gasteiger partial charge on any atom is 0.124 e. The van der Waals surface area contributed by atoms with Gasteiger partial charge in [0.25, 0.3) is 0 Å². The van der Waals surface area contributed by atoms with Gasteiger partial charge in [-0.1, -0.05) is 66.2 Å². The molecule has 0 saturated carbocycles. The first-order chi connectivity index (χ1) is 18.1. The summed E-state index contributed by atoms with van der Waals surface area (Å²) in [5.41, 5.74) is 9.90. The zero-order valence-electron chi connectivity index (χ0n) is 21.1. The zero-order chi connectivity index (χ0) is 25.4. The highest BCUT2D eigenvalue weighted by Crippen LogP contribution is 2.54. The smallest absolute Gasteiger partial charge is 0.124 e. The molecule has 5 heteroatoms. The average molecular weight is 570 g/mol. The Balaban J connectivity index is 1.38. The van der Waals surface area contributed by atoms with Crippen molar-refractivity contribution in [3.8, 4) is 27.4 Å². The summed E-state index contributed by atoms with van der Waals surface area (Å²) < 4.78 is 7.03. The molecule has 0 aliphatic heterocycles. The van der Waals surface area contributed by atoms with Crippen molar-refractivity contribution >= 4 is 48.9 Å². The van der Waals surface area contributed by atoms with Gasteiger partial charge in [-0.25, -0.2) is 4.98 Å². The van der Waals surface area contributed by atoms with Crippen LogP contribution in [0.3, 0.4) is 0 Å². The molecule has 5 aromatic rings. The highest BCUT2D eigenvalue weighted by Gasteiger charge is 2.40. The molecular weight excluding hydrogens is 540 g/mol. The van der Waals surface area contributed by atoms with Crippen molar-refractivity contribution in [2.45, 2.75) is 32.1 Å². The van der Waals surface area contributed by atoms with E-state index in [1.807, 2.05) is 12.1 Å². The Morgan fingerprint density at radius 1 is 0.838 bits per heavy atom. The summed E-state index contributed by atoms with van der Waals surface area (Å²) in [7, 11) is 0. The molecule has 1 aliphatic carbocycles. The number of ether oxygens (including phenoxy) is 1. The van der Waals surface area contributed by atoms with Crippen LogP contribution in [-0.4, -0.2) is 16.9 Å². The number of thiazole rings is 1. The van der Waals surface area contributed by atoms with Crippen LogP contribution < -0.4 is 10.1 Å². The van der Waals surface area contributed by atoms with Crippen molar-refractivity contribution in [3.05, 3.63) is 96.1 Å². The maximum atomic E-state index is 5.79. The Hall–Kier alpha value is -3.15. The summed E-state index contributed by atoms with van der Waals surface area (Å²) >= 11 is 5.20. The number of fused-ring (bicyclic) bond motifs is 4. The molecule has 186 valence electrons. The summed E-state index contributed by atoms with van der Waals surface area (Å²) in [6.07, 6.45) is 2.10. The number of para-hydroxylation sites is 1. The summed E-state index contributed by atoms with van der Waals surface area (Å²) in [5.74, 6) is 0.872. The van der Waals surface area contributed by atoms with Crippen molar-refractivity contribution in [1.82, 2.24) is 4.98 Å². The molecule has 0 unspecified atom stereocenters. The standard InChI is InChI=1S/C32H29BrN2OS/c1-3-32(4-2)27-18-21(31-35-29-10-5-6-11-30(29)37-31)12-14-25(27)26-15-13-23(20-28(26)32)34-22-8-7-9-24(19-22)36-17-16-33/h5-15,18-20,34H,3-4,16-17H2,1-2H3. The topological polar surface area (TPSA) is 34.1 Å². The predicted molar refractivity (Wildman–Crippen MR) is 161 cm³/mol. The molecule has 0 fully saturated rings. The number of nitrogens with one attached hydrogen (secondary N) is 1. The molecule has 0 saturated heterocycles. The van der Waals surface area contributed by atoms with Gasteiger partial charge in [-0.15, -0.1) is 11.3 Å². The molecule has 0 radical (unpaired) electrons. The van der Waals surface area contributed by atoms with Gasteiger partial charge in [0.05, 0.1) is 16.8 Å². The number of benzene rings is 4. The molecule has 0 bridgehead atoms. The van der Waals surface area contributed by atoms with Crippen LogP contribution in [0.4, 0.5) is 11.4 Å². The number of anilines is 2. The summed E-state index contributed by atoms with van der Waals surface area (Å²) in [6, 6.07) is 30.3. The fourth-order valence-corrected chi connectivity index (χ4v) is 6.82. The van der Waals surface area contributed by atoms with Crippen LogP contribution in [0.25, 0.3) is 31.9 Å². The van der Waals surface area contributed by atoms with E-state index in [-0.39, 0.29) is 5.41 Å². The lowest BCUT2D eigenvalue weighted by molar-refractivity contribution is 0.345. The van der Waals surface area contributed by atoms with Crippen LogP contribution in [0.2, 0.25) is 0 Å². The Morgan fingerprint density at radius 2 is 1.59 bits per heavy atom. The van der Waals surface area contributed by atoms with E-state index in [9.17, 15) is 0 Å². The molecule has 4 aromatic carbocycles. The van der Waals surface area contributed by atoms with Crippen LogP contribution in [0.1, 0.15) is 37.8 Å². The second kappa shape index (κ2) is 9.96. The Morgan fingerprint density at radius 3 is 2.38 bits per heavy atom. The molecule has 37 heavy (non-hydrogen) atoms. The van der Waals surface area contributed by atoms with E-state index in [2.05, 4.69) is 108 Å². The van der Waals surface area contributed by atoms with Crippen LogP contribution in [-0.2, 0) is 5.41 Å². The van der Waals surface area contributed by atoms with Crippen molar-refractivity contribution in [1.29, 1.82) is 0 Å². The Kier molecular flexibility index (Phi) is 6.51. The maximum absolute atomic E-state index is 5.79. The number of rotatable bonds is 8. The van der Waals surface area contributed by atoms with Gasteiger partial charge in [-0.2, -0.15) is 0 Å². The lowest BCUT2D eigenvalue weighted by Crippen LogP contribution is -2.23. The van der Waals surface area contributed by atoms with Crippen LogP contribution >= 0.6 is 27.3 Å². The molecule has 6 rings (SSSR count). The first-order valence-corrected chi connectivity index (χ1v) is 14.8. The lowest BCUT2D eigenvalue weighted by atomic mass is 9.73. The third-order valence-corrected chi connectivity index (χ3v) is 8.99. The first kappa shape index (κ1) is 24.2. The Bertz CT molecular complexity index is 1550. The van der Waals surface area contributed by atoms with Crippen LogP contribution in [0, 0.1) is 0 Å². The fourth-order valence-electron chi connectivity index (χ4n) is 5.70. The minimum absolute atomic E-state index is 0.0180. The normalized spacial score (nSPS) is 13.4. The highest BCUT2D eigenvalue weighted by atomic mass is 79.9. The minimum atomic E-state index is -0.0180. The average Bonchev–Trinajstić information content (AvgIpc) is 3.49. The van der Waals surface area contributed by atoms with Gasteiger partial charge in [-0.3, -0.25) is 0 Å². The van der Waals surface area contributed by atoms with E-state index in [0.717, 1.165) is 45.8 Å². The van der Waals surface area contributed by atoms with Gasteiger partial charge in [0.2, 0.25) is 0 Å². The fraction of sp³-hybridized carbons (Fsp3) is 0.219. The molecule has 0 spiro atoms. The van der Waals surface area contributed by atoms with Gasteiger partial charge in [-0.05, 0) is 77.6 Å². The monoisotopic (exact) mass is 568 g/mol. The SMILES string of the molecule is CCC1(CC)c2cc(Nc3cccc(OCCBr)c3)ccc2-c2ccc(-c3nc4ccccc4s3)cc21. The third kappa shape index (κ3) is 4.24. The van der Waals surface area contributed by atoms with E-state index in [0.29, 0.717) is 6.61 Å². The van der Waals surface area contributed by atoms with Crippen molar-refractivity contribution in [2.24, 2.45) is 0 Å². The number of hydrogen-bond acceptors (Lipinski definition) is 4. The van der Waals surface area contributed by atoms with Gasteiger partial charge in [0.15, 0.2) is 0 Å². The first-order valence-electron chi connectivity index (χ1n) is 12.9. The third-order valence-electron chi connectivity index (χ3n) is 7.58. The number of nitrogens with zero attached hydrogens (tertiary/aromatic N) is 1.